The van der Waals surface area contributed by atoms with Crippen LogP contribution < -0.4 is 10.1 Å². The number of benzene rings is 1. The average molecular weight is 277 g/mol. The van der Waals surface area contributed by atoms with E-state index in [-0.39, 0.29) is 0 Å². The summed E-state index contributed by atoms with van der Waals surface area (Å²) in [6, 6.07) is 8.96. The van der Waals surface area contributed by atoms with Crippen molar-refractivity contribution in [1.29, 1.82) is 0 Å². The van der Waals surface area contributed by atoms with Crippen molar-refractivity contribution in [2.75, 3.05) is 46.9 Å². The number of rotatable bonds is 6. The molecule has 1 heterocycles. The SMILES string of the molecule is CNCc1ccc(OCCN2CCN(C)CC2C)cc1. The summed E-state index contributed by atoms with van der Waals surface area (Å²) in [6.07, 6.45) is 0. The summed E-state index contributed by atoms with van der Waals surface area (Å²) in [5.41, 5.74) is 1.28. The lowest BCUT2D eigenvalue weighted by molar-refractivity contribution is 0.0858. The molecule has 1 aliphatic heterocycles. The first-order valence-corrected chi connectivity index (χ1v) is 7.48. The third-order valence-electron chi connectivity index (χ3n) is 3.92. The molecule has 1 N–H and O–H groups in total. The van der Waals surface area contributed by atoms with Crippen LogP contribution in [0.15, 0.2) is 24.3 Å². The quantitative estimate of drug-likeness (QED) is 0.851. The van der Waals surface area contributed by atoms with Crippen LogP contribution in [0.5, 0.6) is 5.75 Å². The molecule has 0 saturated carbocycles. The normalized spacial score (nSPS) is 21.1. The van der Waals surface area contributed by atoms with Crippen molar-refractivity contribution in [2.45, 2.75) is 19.5 Å². The van der Waals surface area contributed by atoms with Gasteiger partial charge in [-0.25, -0.2) is 0 Å². The molecule has 4 nitrogen and oxygen atoms in total. The third kappa shape index (κ3) is 4.47. The number of ether oxygens (including phenoxy) is 1. The molecule has 1 atom stereocenters. The van der Waals surface area contributed by atoms with E-state index >= 15 is 0 Å². The summed E-state index contributed by atoms with van der Waals surface area (Å²) in [7, 11) is 4.15. The Balaban J connectivity index is 1.72. The summed E-state index contributed by atoms with van der Waals surface area (Å²) >= 11 is 0. The van der Waals surface area contributed by atoms with E-state index in [4.69, 9.17) is 4.74 Å². The van der Waals surface area contributed by atoms with Crippen LogP contribution in [-0.2, 0) is 6.54 Å². The van der Waals surface area contributed by atoms with Gasteiger partial charge in [-0.15, -0.1) is 0 Å². The Bertz CT molecular complexity index is 393. The van der Waals surface area contributed by atoms with E-state index in [2.05, 4.69) is 53.4 Å². The van der Waals surface area contributed by atoms with Gasteiger partial charge in [0.25, 0.3) is 0 Å². The van der Waals surface area contributed by atoms with Crippen molar-refractivity contribution in [2.24, 2.45) is 0 Å². The van der Waals surface area contributed by atoms with Gasteiger partial charge >= 0.3 is 0 Å². The summed E-state index contributed by atoms with van der Waals surface area (Å²) in [6.45, 7) is 8.41. The van der Waals surface area contributed by atoms with Gasteiger partial charge in [0.1, 0.15) is 12.4 Å². The van der Waals surface area contributed by atoms with Crippen LogP contribution in [0.2, 0.25) is 0 Å². The largest absolute Gasteiger partial charge is 0.492 e. The lowest BCUT2D eigenvalue weighted by Gasteiger charge is -2.38. The average Bonchev–Trinajstić information content (AvgIpc) is 2.43. The summed E-state index contributed by atoms with van der Waals surface area (Å²) in [5, 5.41) is 3.15. The Labute approximate surface area is 122 Å². The maximum Gasteiger partial charge on any atom is 0.119 e. The highest BCUT2D eigenvalue weighted by Crippen LogP contribution is 2.13. The molecule has 1 fully saturated rings. The first-order valence-electron chi connectivity index (χ1n) is 7.48. The van der Waals surface area contributed by atoms with Gasteiger partial charge in [-0.1, -0.05) is 12.1 Å². The van der Waals surface area contributed by atoms with E-state index in [9.17, 15) is 0 Å². The van der Waals surface area contributed by atoms with Crippen molar-refractivity contribution < 1.29 is 4.74 Å². The number of likely N-dealkylation sites (N-methyl/N-ethyl adjacent to an activating group) is 1. The van der Waals surface area contributed by atoms with Crippen LogP contribution in [0.25, 0.3) is 0 Å². The van der Waals surface area contributed by atoms with Gasteiger partial charge in [-0.2, -0.15) is 0 Å². The molecule has 2 rings (SSSR count). The smallest absolute Gasteiger partial charge is 0.119 e. The minimum Gasteiger partial charge on any atom is -0.492 e. The summed E-state index contributed by atoms with van der Waals surface area (Å²) < 4.78 is 5.84. The maximum atomic E-state index is 5.84. The molecule has 0 radical (unpaired) electrons. The minimum atomic E-state index is 0.621. The number of hydrogen-bond acceptors (Lipinski definition) is 4. The van der Waals surface area contributed by atoms with Crippen LogP contribution in [0, 0.1) is 0 Å². The zero-order valence-corrected chi connectivity index (χ0v) is 12.9. The van der Waals surface area contributed by atoms with Gasteiger partial charge in [0.2, 0.25) is 0 Å². The molecule has 0 aliphatic carbocycles. The van der Waals surface area contributed by atoms with Crippen LogP contribution in [0.4, 0.5) is 0 Å². The van der Waals surface area contributed by atoms with Crippen LogP contribution in [0.3, 0.4) is 0 Å². The zero-order valence-electron chi connectivity index (χ0n) is 12.9. The van der Waals surface area contributed by atoms with Crippen LogP contribution in [-0.4, -0.2) is 62.7 Å². The van der Waals surface area contributed by atoms with Crippen LogP contribution >= 0.6 is 0 Å². The third-order valence-corrected chi connectivity index (χ3v) is 3.92. The number of nitrogens with one attached hydrogen (secondary N) is 1. The van der Waals surface area contributed by atoms with Gasteiger partial charge in [-0.3, -0.25) is 4.90 Å². The van der Waals surface area contributed by atoms with E-state index in [1.165, 1.54) is 5.56 Å². The molecular weight excluding hydrogens is 250 g/mol. The predicted octanol–water partition coefficient (Wildman–Crippen LogP) is 1.42. The van der Waals surface area contributed by atoms with Gasteiger partial charge < -0.3 is 15.0 Å². The van der Waals surface area contributed by atoms with E-state index in [0.29, 0.717) is 6.04 Å². The Morgan fingerprint density at radius 1 is 1.25 bits per heavy atom. The lowest BCUT2D eigenvalue weighted by atomic mass is 10.2. The molecule has 0 spiro atoms. The van der Waals surface area contributed by atoms with Crippen LogP contribution in [0.1, 0.15) is 12.5 Å². The molecule has 1 aromatic carbocycles. The number of nitrogens with zero attached hydrogens (tertiary/aromatic N) is 2. The standard InChI is InChI=1S/C16H27N3O/c1-14-13-18(3)8-9-19(14)10-11-20-16-6-4-15(5-7-16)12-17-2/h4-7,14,17H,8-13H2,1-3H3. The second kappa shape index (κ2) is 7.62. The monoisotopic (exact) mass is 277 g/mol. The van der Waals surface area contributed by atoms with Gasteiger partial charge in [0.15, 0.2) is 0 Å². The van der Waals surface area contributed by atoms with Crippen molar-refractivity contribution >= 4 is 0 Å². The molecule has 4 heteroatoms. The van der Waals surface area contributed by atoms with Gasteiger partial charge in [0, 0.05) is 38.8 Å². The summed E-state index contributed by atoms with van der Waals surface area (Å²) in [5.74, 6) is 0.964. The Kier molecular flexibility index (Phi) is 5.83. The molecule has 0 aromatic heterocycles. The molecule has 1 aliphatic rings. The molecule has 112 valence electrons. The molecule has 0 bridgehead atoms. The predicted molar refractivity (Wildman–Crippen MR) is 83.2 cm³/mol. The topological polar surface area (TPSA) is 27.7 Å². The van der Waals surface area contributed by atoms with Crippen molar-refractivity contribution in [3.8, 4) is 5.75 Å². The van der Waals surface area contributed by atoms with Gasteiger partial charge in [0.05, 0.1) is 0 Å². The summed E-state index contributed by atoms with van der Waals surface area (Å²) in [4.78, 5) is 4.90. The van der Waals surface area contributed by atoms with E-state index in [1.807, 2.05) is 7.05 Å². The Hall–Kier alpha value is -1.10. The van der Waals surface area contributed by atoms with Crippen molar-refractivity contribution in [3.05, 3.63) is 29.8 Å². The van der Waals surface area contributed by atoms with Crippen molar-refractivity contribution in [3.63, 3.8) is 0 Å². The molecule has 1 aromatic rings. The second-order valence-corrected chi connectivity index (χ2v) is 5.67. The fourth-order valence-corrected chi connectivity index (χ4v) is 2.70. The molecule has 20 heavy (non-hydrogen) atoms. The lowest BCUT2D eigenvalue weighted by Crippen LogP contribution is -2.51. The highest BCUT2D eigenvalue weighted by Gasteiger charge is 2.20. The number of piperazine rings is 1. The Morgan fingerprint density at radius 2 is 2.00 bits per heavy atom. The van der Waals surface area contributed by atoms with Crippen molar-refractivity contribution in [1.82, 2.24) is 15.1 Å². The molecule has 1 unspecified atom stereocenters. The first kappa shape index (κ1) is 15.3. The number of hydrogen-bond donors (Lipinski definition) is 1. The molecule has 0 amide bonds. The maximum absolute atomic E-state index is 5.84. The van der Waals surface area contributed by atoms with Gasteiger partial charge in [-0.05, 0) is 38.7 Å². The first-order chi connectivity index (χ1) is 9.69. The van der Waals surface area contributed by atoms with E-state index in [1.54, 1.807) is 0 Å². The fraction of sp³-hybridized carbons (Fsp3) is 0.625. The highest BCUT2D eigenvalue weighted by atomic mass is 16.5. The Morgan fingerprint density at radius 3 is 2.65 bits per heavy atom. The van der Waals surface area contributed by atoms with E-state index < -0.39 is 0 Å². The second-order valence-electron chi connectivity index (χ2n) is 5.67. The minimum absolute atomic E-state index is 0.621. The van der Waals surface area contributed by atoms with E-state index in [0.717, 1.165) is 45.1 Å². The highest BCUT2D eigenvalue weighted by molar-refractivity contribution is 5.27. The zero-order chi connectivity index (χ0) is 14.4. The molecule has 1 saturated heterocycles. The molecular formula is C16H27N3O. The fourth-order valence-electron chi connectivity index (χ4n) is 2.70.